The smallest absolute Gasteiger partial charge is 0.207 e. The Bertz CT molecular complexity index is 136. The Morgan fingerprint density at radius 2 is 2.09 bits per heavy atom. The van der Waals surface area contributed by atoms with Crippen LogP contribution in [0.15, 0.2) is 0 Å². The number of alkyl halides is 3. The largest absolute Gasteiger partial charge is 0.250 e. The van der Waals surface area contributed by atoms with Crippen molar-refractivity contribution in [3.63, 3.8) is 0 Å². The standard InChI is InChI=1S/C8H13BrF2/c1-6-2-3-7(5-9)4-8(6,10)11/h6-7H,2-5H2,1H3/t6?,7-/m0/s1. The van der Waals surface area contributed by atoms with Crippen molar-refractivity contribution < 1.29 is 8.78 Å². The fraction of sp³-hybridized carbons (Fsp3) is 1.00. The first-order chi connectivity index (χ1) is 5.06. The van der Waals surface area contributed by atoms with Crippen LogP contribution in [0, 0.1) is 11.8 Å². The minimum atomic E-state index is -2.42. The predicted octanol–water partition coefficient (Wildman–Crippen LogP) is 3.45. The Morgan fingerprint density at radius 3 is 2.55 bits per heavy atom. The minimum Gasteiger partial charge on any atom is -0.207 e. The van der Waals surface area contributed by atoms with E-state index in [-0.39, 0.29) is 12.3 Å². The highest BCUT2D eigenvalue weighted by atomic mass is 79.9. The van der Waals surface area contributed by atoms with E-state index in [1.165, 1.54) is 0 Å². The van der Waals surface area contributed by atoms with Crippen LogP contribution in [-0.2, 0) is 0 Å². The van der Waals surface area contributed by atoms with Gasteiger partial charge in [-0.15, -0.1) is 0 Å². The van der Waals surface area contributed by atoms with Gasteiger partial charge >= 0.3 is 0 Å². The molecule has 3 heteroatoms. The lowest BCUT2D eigenvalue weighted by Gasteiger charge is -2.33. The van der Waals surface area contributed by atoms with E-state index < -0.39 is 11.8 Å². The van der Waals surface area contributed by atoms with Gasteiger partial charge in [-0.05, 0) is 18.8 Å². The van der Waals surface area contributed by atoms with Gasteiger partial charge in [-0.3, -0.25) is 0 Å². The molecule has 1 fully saturated rings. The van der Waals surface area contributed by atoms with Crippen LogP contribution in [0.3, 0.4) is 0 Å². The third kappa shape index (κ3) is 2.14. The van der Waals surface area contributed by atoms with E-state index in [1.807, 2.05) is 0 Å². The molecule has 0 aromatic carbocycles. The number of hydrogen-bond donors (Lipinski definition) is 0. The van der Waals surface area contributed by atoms with Crippen LogP contribution >= 0.6 is 15.9 Å². The maximum absolute atomic E-state index is 13.0. The molecule has 2 atom stereocenters. The third-order valence-electron chi connectivity index (χ3n) is 2.51. The van der Waals surface area contributed by atoms with Gasteiger partial charge in [0.25, 0.3) is 5.92 Å². The quantitative estimate of drug-likeness (QED) is 0.602. The summed E-state index contributed by atoms with van der Waals surface area (Å²) in [5, 5.41) is 0.718. The van der Waals surface area contributed by atoms with Gasteiger partial charge in [0, 0.05) is 17.7 Å². The number of rotatable bonds is 1. The lowest BCUT2D eigenvalue weighted by Crippen LogP contribution is -2.34. The first-order valence-corrected chi connectivity index (χ1v) is 5.12. The van der Waals surface area contributed by atoms with E-state index in [2.05, 4.69) is 15.9 Å². The van der Waals surface area contributed by atoms with Gasteiger partial charge in [-0.2, -0.15) is 0 Å². The zero-order valence-electron chi connectivity index (χ0n) is 6.62. The minimum absolute atomic E-state index is 0.0689. The maximum atomic E-state index is 13.0. The van der Waals surface area contributed by atoms with Crippen LogP contribution < -0.4 is 0 Å². The fourth-order valence-corrected chi connectivity index (χ4v) is 2.07. The highest BCUT2D eigenvalue weighted by molar-refractivity contribution is 9.09. The molecule has 1 saturated carbocycles. The molecule has 11 heavy (non-hydrogen) atoms. The molecule has 0 heterocycles. The molecule has 0 aromatic heterocycles. The Balaban J connectivity index is 2.52. The van der Waals surface area contributed by atoms with Gasteiger partial charge in [0.2, 0.25) is 0 Å². The van der Waals surface area contributed by atoms with Crippen LogP contribution in [0.4, 0.5) is 8.78 Å². The monoisotopic (exact) mass is 226 g/mol. The van der Waals surface area contributed by atoms with Crippen LogP contribution in [-0.4, -0.2) is 11.3 Å². The molecule has 0 aromatic rings. The van der Waals surface area contributed by atoms with Gasteiger partial charge in [0.1, 0.15) is 0 Å². The summed E-state index contributed by atoms with van der Waals surface area (Å²) in [6.45, 7) is 1.64. The lowest BCUT2D eigenvalue weighted by molar-refractivity contribution is -0.0919. The van der Waals surface area contributed by atoms with E-state index in [0.29, 0.717) is 6.42 Å². The second kappa shape index (κ2) is 3.38. The molecule has 0 amide bonds. The lowest BCUT2D eigenvalue weighted by atomic mass is 9.81. The summed E-state index contributed by atoms with van der Waals surface area (Å²) in [4.78, 5) is 0. The molecule has 0 spiro atoms. The van der Waals surface area contributed by atoms with Crippen LogP contribution in [0.25, 0.3) is 0 Å². The molecular formula is C8H13BrF2. The SMILES string of the molecule is CC1CC[C@H](CBr)CC1(F)F. The molecule has 0 saturated heterocycles. The van der Waals surface area contributed by atoms with Gasteiger partial charge in [0.05, 0.1) is 0 Å². The molecular weight excluding hydrogens is 214 g/mol. The van der Waals surface area contributed by atoms with Gasteiger partial charge in [0.15, 0.2) is 0 Å². The van der Waals surface area contributed by atoms with Crippen molar-refractivity contribution >= 4 is 15.9 Å². The molecule has 0 aliphatic heterocycles. The summed E-state index contributed by atoms with van der Waals surface area (Å²) < 4.78 is 26.0. The molecule has 0 N–H and O–H groups in total. The van der Waals surface area contributed by atoms with E-state index >= 15 is 0 Å². The van der Waals surface area contributed by atoms with Crippen LogP contribution in [0.1, 0.15) is 26.2 Å². The summed E-state index contributed by atoms with van der Waals surface area (Å²) in [5.41, 5.74) is 0. The Hall–Kier alpha value is 0.340. The molecule has 0 nitrogen and oxygen atoms in total. The van der Waals surface area contributed by atoms with Crippen molar-refractivity contribution in [2.24, 2.45) is 11.8 Å². The normalized spacial score (nSPS) is 37.1. The first kappa shape index (κ1) is 9.43. The first-order valence-electron chi connectivity index (χ1n) is 4.00. The van der Waals surface area contributed by atoms with Crippen LogP contribution in [0.5, 0.6) is 0 Å². The molecule has 1 aliphatic rings. The van der Waals surface area contributed by atoms with Crippen molar-refractivity contribution in [2.45, 2.75) is 32.1 Å². The zero-order chi connectivity index (χ0) is 8.48. The Labute approximate surface area is 74.5 Å². The second-order valence-corrected chi connectivity index (χ2v) is 4.11. The molecule has 1 rings (SSSR count). The zero-order valence-corrected chi connectivity index (χ0v) is 8.20. The van der Waals surface area contributed by atoms with Gasteiger partial charge in [-0.25, -0.2) is 8.78 Å². The molecule has 0 radical (unpaired) electrons. The van der Waals surface area contributed by atoms with E-state index in [1.54, 1.807) is 6.92 Å². The van der Waals surface area contributed by atoms with Crippen molar-refractivity contribution in [2.75, 3.05) is 5.33 Å². The number of halogens is 3. The summed E-state index contributed by atoms with van der Waals surface area (Å²) in [7, 11) is 0. The summed E-state index contributed by atoms with van der Waals surface area (Å²) in [6, 6.07) is 0. The van der Waals surface area contributed by atoms with Crippen molar-refractivity contribution in [1.29, 1.82) is 0 Å². The summed E-state index contributed by atoms with van der Waals surface area (Å²) in [5.74, 6) is -2.66. The highest BCUT2D eigenvalue weighted by Gasteiger charge is 2.41. The fourth-order valence-electron chi connectivity index (χ4n) is 1.52. The van der Waals surface area contributed by atoms with Gasteiger partial charge < -0.3 is 0 Å². The van der Waals surface area contributed by atoms with Crippen molar-refractivity contribution in [3.8, 4) is 0 Å². The second-order valence-electron chi connectivity index (χ2n) is 3.46. The van der Waals surface area contributed by atoms with Crippen molar-refractivity contribution in [3.05, 3.63) is 0 Å². The molecule has 66 valence electrons. The van der Waals surface area contributed by atoms with E-state index in [9.17, 15) is 8.78 Å². The molecule has 1 aliphatic carbocycles. The summed E-state index contributed by atoms with van der Waals surface area (Å²) in [6.07, 6.45) is 1.69. The highest BCUT2D eigenvalue weighted by Crippen LogP contribution is 2.41. The summed E-state index contributed by atoms with van der Waals surface area (Å²) >= 11 is 3.25. The van der Waals surface area contributed by atoms with Crippen molar-refractivity contribution in [1.82, 2.24) is 0 Å². The number of hydrogen-bond acceptors (Lipinski definition) is 0. The van der Waals surface area contributed by atoms with Gasteiger partial charge in [-0.1, -0.05) is 22.9 Å². The third-order valence-corrected chi connectivity index (χ3v) is 3.42. The van der Waals surface area contributed by atoms with E-state index in [4.69, 9.17) is 0 Å². The Morgan fingerprint density at radius 1 is 1.45 bits per heavy atom. The average molecular weight is 227 g/mol. The van der Waals surface area contributed by atoms with Crippen LogP contribution in [0.2, 0.25) is 0 Å². The van der Waals surface area contributed by atoms with E-state index in [0.717, 1.165) is 11.8 Å². The molecule has 1 unspecified atom stereocenters. The Kier molecular flexibility index (Phi) is 2.90. The maximum Gasteiger partial charge on any atom is 0.250 e. The predicted molar refractivity (Wildman–Crippen MR) is 45.2 cm³/mol. The average Bonchev–Trinajstić information content (AvgIpc) is 1.95. The molecule has 0 bridgehead atoms. The topological polar surface area (TPSA) is 0 Å².